The van der Waals surface area contributed by atoms with Crippen LogP contribution in [0, 0.1) is 17.0 Å². The summed E-state index contributed by atoms with van der Waals surface area (Å²) in [6, 6.07) is 3.32. The average molecular weight is 269 g/mol. The van der Waals surface area contributed by atoms with Gasteiger partial charge in [0.15, 0.2) is 11.6 Å². The first kappa shape index (κ1) is 15.8. The molecule has 0 radical (unpaired) electrons. The highest BCUT2D eigenvalue weighted by Gasteiger charge is 2.18. The van der Waals surface area contributed by atoms with Crippen LogP contribution < -0.4 is 5.73 Å². The number of Topliss-reactive ketones (excluding diaryl/α,β-unsaturated/α-hetero) is 1. The van der Waals surface area contributed by atoms with Crippen LogP contribution in [0.3, 0.4) is 0 Å². The van der Waals surface area contributed by atoms with Crippen LogP contribution >= 0.6 is 0 Å². The molecule has 0 saturated carbocycles. The SMILES string of the molecule is CC(C)(C)CC(N)CC(=O)Cc1ccc(F)c(F)c1. The fourth-order valence-corrected chi connectivity index (χ4v) is 2.10. The van der Waals surface area contributed by atoms with E-state index in [1.807, 2.05) is 0 Å². The molecule has 106 valence electrons. The van der Waals surface area contributed by atoms with Crippen molar-refractivity contribution < 1.29 is 13.6 Å². The highest BCUT2D eigenvalue weighted by Crippen LogP contribution is 2.21. The Hall–Kier alpha value is -1.29. The number of nitrogens with two attached hydrogens (primary N) is 1. The fourth-order valence-electron chi connectivity index (χ4n) is 2.10. The van der Waals surface area contributed by atoms with Gasteiger partial charge in [0.1, 0.15) is 5.78 Å². The molecule has 0 aliphatic carbocycles. The van der Waals surface area contributed by atoms with Crippen molar-refractivity contribution in [1.29, 1.82) is 0 Å². The van der Waals surface area contributed by atoms with Gasteiger partial charge in [-0.1, -0.05) is 26.8 Å². The van der Waals surface area contributed by atoms with Gasteiger partial charge >= 0.3 is 0 Å². The van der Waals surface area contributed by atoms with Crippen molar-refractivity contribution in [2.24, 2.45) is 11.1 Å². The lowest BCUT2D eigenvalue weighted by atomic mass is 9.86. The molecule has 0 spiro atoms. The fraction of sp³-hybridized carbons (Fsp3) is 0.533. The topological polar surface area (TPSA) is 43.1 Å². The van der Waals surface area contributed by atoms with Crippen LogP contribution in [0.4, 0.5) is 8.78 Å². The Morgan fingerprint density at radius 1 is 1.26 bits per heavy atom. The third-order valence-electron chi connectivity index (χ3n) is 2.75. The highest BCUT2D eigenvalue weighted by molar-refractivity contribution is 5.81. The second kappa shape index (κ2) is 6.24. The summed E-state index contributed by atoms with van der Waals surface area (Å²) < 4.78 is 25.8. The maximum atomic E-state index is 13.0. The zero-order chi connectivity index (χ0) is 14.6. The molecule has 1 aromatic rings. The number of benzene rings is 1. The maximum Gasteiger partial charge on any atom is 0.159 e. The summed E-state index contributed by atoms with van der Waals surface area (Å²) >= 11 is 0. The smallest absolute Gasteiger partial charge is 0.159 e. The second-order valence-electron chi connectivity index (χ2n) is 6.19. The highest BCUT2D eigenvalue weighted by atomic mass is 19.2. The lowest BCUT2D eigenvalue weighted by molar-refractivity contribution is -0.118. The summed E-state index contributed by atoms with van der Waals surface area (Å²) in [7, 11) is 0. The van der Waals surface area contributed by atoms with Crippen LogP contribution in [0.15, 0.2) is 18.2 Å². The number of carbonyl (C=O) groups excluding carboxylic acids is 1. The molecule has 0 saturated heterocycles. The van der Waals surface area contributed by atoms with Crippen molar-refractivity contribution in [3.63, 3.8) is 0 Å². The van der Waals surface area contributed by atoms with E-state index in [1.54, 1.807) is 0 Å². The van der Waals surface area contributed by atoms with Crippen molar-refractivity contribution in [2.45, 2.75) is 46.1 Å². The van der Waals surface area contributed by atoms with E-state index in [4.69, 9.17) is 5.73 Å². The van der Waals surface area contributed by atoms with Gasteiger partial charge in [0.05, 0.1) is 0 Å². The predicted molar refractivity (Wildman–Crippen MR) is 71.7 cm³/mol. The standard InChI is InChI=1S/C15H21F2NO/c1-15(2,3)9-11(18)8-12(19)6-10-4-5-13(16)14(17)7-10/h4-5,7,11H,6,8-9,18H2,1-3H3. The van der Waals surface area contributed by atoms with Gasteiger partial charge in [0.2, 0.25) is 0 Å². The second-order valence-corrected chi connectivity index (χ2v) is 6.19. The predicted octanol–water partition coefficient (Wildman–Crippen LogP) is 3.23. The zero-order valence-corrected chi connectivity index (χ0v) is 11.7. The normalized spacial score (nSPS) is 13.4. The Bertz CT molecular complexity index is 452. The molecule has 0 aliphatic rings. The van der Waals surface area contributed by atoms with Gasteiger partial charge in [-0.3, -0.25) is 4.79 Å². The van der Waals surface area contributed by atoms with Gasteiger partial charge in [-0.15, -0.1) is 0 Å². The van der Waals surface area contributed by atoms with Crippen molar-refractivity contribution in [2.75, 3.05) is 0 Å². The molecule has 1 aromatic carbocycles. The summed E-state index contributed by atoms with van der Waals surface area (Å²) in [6.07, 6.45) is 1.10. The summed E-state index contributed by atoms with van der Waals surface area (Å²) in [5.41, 5.74) is 6.46. The number of halogens is 2. The van der Waals surface area contributed by atoms with Crippen LogP contribution in [0.1, 0.15) is 39.2 Å². The summed E-state index contributed by atoms with van der Waals surface area (Å²) in [4.78, 5) is 11.8. The largest absolute Gasteiger partial charge is 0.327 e. The van der Waals surface area contributed by atoms with Crippen molar-refractivity contribution in [3.8, 4) is 0 Å². The molecule has 19 heavy (non-hydrogen) atoms. The molecular weight excluding hydrogens is 248 g/mol. The van der Waals surface area contributed by atoms with Crippen molar-refractivity contribution in [1.82, 2.24) is 0 Å². The van der Waals surface area contributed by atoms with Gasteiger partial charge in [0, 0.05) is 18.9 Å². The van der Waals surface area contributed by atoms with E-state index < -0.39 is 11.6 Å². The van der Waals surface area contributed by atoms with Gasteiger partial charge in [-0.2, -0.15) is 0 Å². The van der Waals surface area contributed by atoms with Gasteiger partial charge in [0.25, 0.3) is 0 Å². The lowest BCUT2D eigenvalue weighted by Crippen LogP contribution is -2.29. The number of hydrogen-bond donors (Lipinski definition) is 1. The van der Waals surface area contributed by atoms with Crippen LogP contribution in [0.2, 0.25) is 0 Å². The van der Waals surface area contributed by atoms with E-state index in [9.17, 15) is 13.6 Å². The number of carbonyl (C=O) groups is 1. The zero-order valence-electron chi connectivity index (χ0n) is 11.7. The van der Waals surface area contributed by atoms with Gasteiger partial charge < -0.3 is 5.73 Å². The minimum atomic E-state index is -0.927. The van der Waals surface area contributed by atoms with Gasteiger partial charge in [-0.25, -0.2) is 8.78 Å². The van der Waals surface area contributed by atoms with Crippen LogP contribution in [-0.4, -0.2) is 11.8 Å². The quantitative estimate of drug-likeness (QED) is 0.891. The molecule has 2 N–H and O–H groups in total. The van der Waals surface area contributed by atoms with E-state index in [2.05, 4.69) is 20.8 Å². The van der Waals surface area contributed by atoms with E-state index >= 15 is 0 Å². The molecule has 2 nitrogen and oxygen atoms in total. The first-order chi connectivity index (χ1) is 8.67. The monoisotopic (exact) mass is 269 g/mol. The Balaban J connectivity index is 2.53. The molecule has 0 fully saturated rings. The summed E-state index contributed by atoms with van der Waals surface area (Å²) in [6.45, 7) is 6.19. The Morgan fingerprint density at radius 2 is 1.89 bits per heavy atom. The molecule has 0 amide bonds. The van der Waals surface area contributed by atoms with Crippen molar-refractivity contribution in [3.05, 3.63) is 35.4 Å². The minimum absolute atomic E-state index is 0.0530. The first-order valence-corrected chi connectivity index (χ1v) is 6.38. The first-order valence-electron chi connectivity index (χ1n) is 6.38. The Kier molecular flexibility index (Phi) is 5.18. The molecular formula is C15H21F2NO. The molecule has 1 atom stereocenters. The molecule has 0 aromatic heterocycles. The summed E-state index contributed by atoms with van der Waals surface area (Å²) in [5.74, 6) is -1.88. The molecule has 4 heteroatoms. The number of hydrogen-bond acceptors (Lipinski definition) is 2. The van der Waals surface area contributed by atoms with E-state index in [0.29, 0.717) is 5.56 Å². The van der Waals surface area contributed by atoms with E-state index in [0.717, 1.165) is 18.6 Å². The minimum Gasteiger partial charge on any atom is -0.327 e. The summed E-state index contributed by atoms with van der Waals surface area (Å²) in [5, 5.41) is 0. The van der Waals surface area contributed by atoms with Crippen LogP contribution in [0.5, 0.6) is 0 Å². The Labute approximate surface area is 113 Å². The number of rotatable bonds is 5. The molecule has 1 rings (SSSR count). The van der Waals surface area contributed by atoms with E-state index in [1.165, 1.54) is 6.07 Å². The Morgan fingerprint density at radius 3 is 2.42 bits per heavy atom. The van der Waals surface area contributed by atoms with Crippen molar-refractivity contribution >= 4 is 5.78 Å². The molecule has 0 bridgehead atoms. The van der Waals surface area contributed by atoms with Crippen LogP contribution in [-0.2, 0) is 11.2 Å². The third kappa shape index (κ3) is 5.92. The van der Waals surface area contributed by atoms with E-state index in [-0.39, 0.29) is 30.1 Å². The molecule has 0 aliphatic heterocycles. The molecule has 0 heterocycles. The van der Waals surface area contributed by atoms with Crippen LogP contribution in [0.25, 0.3) is 0 Å². The maximum absolute atomic E-state index is 13.0. The van der Waals surface area contributed by atoms with Gasteiger partial charge in [-0.05, 0) is 29.5 Å². The number of ketones is 1. The lowest BCUT2D eigenvalue weighted by Gasteiger charge is -2.22. The average Bonchev–Trinajstić information content (AvgIpc) is 2.20. The third-order valence-corrected chi connectivity index (χ3v) is 2.75. The molecule has 1 unspecified atom stereocenters.